The lowest BCUT2D eigenvalue weighted by Crippen LogP contribution is -2.46. The molecule has 1 aromatic carbocycles. The summed E-state index contributed by atoms with van der Waals surface area (Å²) in [4.78, 5) is 4.22. The molecule has 0 radical (unpaired) electrons. The first-order valence-electron chi connectivity index (χ1n) is 4.34. The van der Waals surface area contributed by atoms with Crippen LogP contribution in [-0.2, 0) is 0 Å². The maximum Gasteiger partial charge on any atom is 0.209 e. The number of aliphatic imine (C=N–C) groups is 1. The van der Waals surface area contributed by atoms with Gasteiger partial charge in [-0.1, -0.05) is 18.2 Å². The van der Waals surface area contributed by atoms with E-state index in [2.05, 4.69) is 27.2 Å². The molecule has 0 bridgehead atoms. The van der Waals surface area contributed by atoms with Crippen LogP contribution < -0.4 is 16.2 Å². The summed E-state index contributed by atoms with van der Waals surface area (Å²) in [5.74, 6) is 0.870. The fraction of sp³-hybridized carbons (Fsp3) is 0.111. The molecule has 1 unspecified atom stereocenters. The number of anilines is 1. The zero-order valence-corrected chi connectivity index (χ0v) is 8.06. The Morgan fingerprint density at radius 2 is 2.14 bits per heavy atom. The molecule has 0 amide bonds. The van der Waals surface area contributed by atoms with Crippen molar-refractivity contribution in [3.05, 3.63) is 29.8 Å². The monoisotopic (exact) mass is 204 g/mol. The summed E-state index contributed by atoms with van der Waals surface area (Å²) >= 11 is 4.94. The van der Waals surface area contributed by atoms with Gasteiger partial charge in [-0.15, -0.1) is 0 Å². The summed E-state index contributed by atoms with van der Waals surface area (Å²) in [5.41, 5.74) is 8.24. The Labute approximate surface area is 86.4 Å². The van der Waals surface area contributed by atoms with Crippen molar-refractivity contribution in [3.8, 4) is 0 Å². The van der Waals surface area contributed by atoms with Gasteiger partial charge >= 0.3 is 0 Å². The molecule has 2 aliphatic heterocycles. The first kappa shape index (κ1) is 7.90. The van der Waals surface area contributed by atoms with Gasteiger partial charge in [0.2, 0.25) is 5.11 Å². The van der Waals surface area contributed by atoms with Crippen molar-refractivity contribution >= 4 is 28.9 Å². The fourth-order valence-corrected chi connectivity index (χ4v) is 1.89. The predicted octanol–water partition coefficient (Wildman–Crippen LogP) is 0.944. The molecule has 4 nitrogen and oxygen atoms in total. The number of rotatable bonds is 0. The third-order valence-electron chi connectivity index (χ3n) is 2.35. The van der Waals surface area contributed by atoms with Crippen LogP contribution in [0.2, 0.25) is 0 Å². The summed E-state index contributed by atoms with van der Waals surface area (Å²) in [6.07, 6.45) is 0. The van der Waals surface area contributed by atoms with Crippen molar-refractivity contribution < 1.29 is 0 Å². The van der Waals surface area contributed by atoms with E-state index >= 15 is 0 Å². The third-order valence-corrected chi connectivity index (χ3v) is 2.55. The highest BCUT2D eigenvalue weighted by atomic mass is 32.1. The van der Waals surface area contributed by atoms with E-state index in [9.17, 15) is 0 Å². The minimum absolute atomic E-state index is 0.0953. The molecule has 1 atom stereocenters. The minimum atomic E-state index is 0.0953. The zero-order valence-electron chi connectivity index (χ0n) is 7.24. The second kappa shape index (κ2) is 2.76. The van der Waals surface area contributed by atoms with Gasteiger partial charge in [0.15, 0.2) is 0 Å². The molecular weight excluding hydrogens is 196 g/mol. The van der Waals surface area contributed by atoms with Gasteiger partial charge in [-0.3, -0.25) is 5.43 Å². The molecule has 0 aliphatic carbocycles. The van der Waals surface area contributed by atoms with E-state index in [0.29, 0.717) is 5.11 Å². The Bertz CT molecular complexity index is 440. The Morgan fingerprint density at radius 3 is 3.07 bits per heavy atom. The van der Waals surface area contributed by atoms with Crippen LogP contribution >= 0.6 is 12.2 Å². The van der Waals surface area contributed by atoms with E-state index in [1.165, 1.54) is 5.56 Å². The van der Waals surface area contributed by atoms with E-state index in [4.69, 9.17) is 12.2 Å². The number of hydrazine groups is 1. The Kier molecular flexibility index (Phi) is 1.56. The van der Waals surface area contributed by atoms with Gasteiger partial charge in [-0.2, -0.15) is 0 Å². The molecule has 14 heavy (non-hydrogen) atoms. The molecule has 5 heteroatoms. The lowest BCUT2D eigenvalue weighted by Gasteiger charge is -2.19. The van der Waals surface area contributed by atoms with Crippen molar-refractivity contribution in [1.82, 2.24) is 10.9 Å². The topological polar surface area (TPSA) is 48.5 Å². The van der Waals surface area contributed by atoms with Crippen molar-refractivity contribution in [3.63, 3.8) is 0 Å². The highest BCUT2D eigenvalue weighted by Gasteiger charge is 2.30. The highest BCUT2D eigenvalue weighted by Crippen LogP contribution is 2.31. The predicted molar refractivity (Wildman–Crippen MR) is 59.1 cm³/mol. The van der Waals surface area contributed by atoms with Crippen LogP contribution in [0.4, 0.5) is 5.69 Å². The number of nitrogens with zero attached hydrogens (tertiary/aromatic N) is 1. The van der Waals surface area contributed by atoms with Crippen molar-refractivity contribution in [2.24, 2.45) is 4.99 Å². The quantitative estimate of drug-likeness (QED) is 0.551. The van der Waals surface area contributed by atoms with Gasteiger partial charge in [-0.05, 0) is 18.3 Å². The molecular formula is C9H8N4S. The van der Waals surface area contributed by atoms with Gasteiger partial charge in [0, 0.05) is 11.3 Å². The normalized spacial score (nSPS) is 23.0. The van der Waals surface area contributed by atoms with Crippen LogP contribution in [-0.4, -0.2) is 10.9 Å². The van der Waals surface area contributed by atoms with Gasteiger partial charge in [0.05, 0.1) is 0 Å². The fourth-order valence-electron chi connectivity index (χ4n) is 1.73. The number of amidine groups is 1. The SMILES string of the molecule is S=C1N=C2Nc3ccccc3C2NN1. The number of fused-ring (bicyclic) bond motifs is 3. The zero-order chi connectivity index (χ0) is 9.54. The van der Waals surface area contributed by atoms with E-state index in [0.717, 1.165) is 11.5 Å². The summed E-state index contributed by atoms with van der Waals surface area (Å²) in [5, 5.41) is 3.70. The maximum absolute atomic E-state index is 4.94. The van der Waals surface area contributed by atoms with Gasteiger partial charge in [0.1, 0.15) is 11.9 Å². The molecule has 70 valence electrons. The largest absolute Gasteiger partial charge is 0.342 e. The molecule has 0 aromatic heterocycles. The third kappa shape index (κ3) is 1.03. The summed E-state index contributed by atoms with van der Waals surface area (Å²) < 4.78 is 0. The first-order chi connectivity index (χ1) is 6.84. The van der Waals surface area contributed by atoms with E-state index in [1.807, 2.05) is 18.2 Å². The molecule has 0 fully saturated rings. The number of para-hydroxylation sites is 1. The van der Waals surface area contributed by atoms with Crippen LogP contribution in [0.1, 0.15) is 11.6 Å². The number of benzene rings is 1. The average Bonchev–Trinajstić information content (AvgIpc) is 2.54. The van der Waals surface area contributed by atoms with Crippen LogP contribution in [0.15, 0.2) is 29.3 Å². The number of hydrogen-bond donors (Lipinski definition) is 3. The second-order valence-electron chi connectivity index (χ2n) is 3.22. The summed E-state index contributed by atoms with van der Waals surface area (Å²) in [6.45, 7) is 0. The minimum Gasteiger partial charge on any atom is -0.342 e. The van der Waals surface area contributed by atoms with E-state index in [-0.39, 0.29) is 6.04 Å². The van der Waals surface area contributed by atoms with E-state index < -0.39 is 0 Å². The lowest BCUT2D eigenvalue weighted by atomic mass is 10.1. The molecule has 0 saturated carbocycles. The van der Waals surface area contributed by atoms with Crippen LogP contribution in [0.3, 0.4) is 0 Å². The highest BCUT2D eigenvalue weighted by molar-refractivity contribution is 7.80. The maximum atomic E-state index is 4.94. The summed E-state index contributed by atoms with van der Waals surface area (Å²) in [6, 6.07) is 8.20. The Hall–Kier alpha value is -1.46. The molecule has 1 aromatic rings. The first-order valence-corrected chi connectivity index (χ1v) is 4.75. The average molecular weight is 204 g/mol. The van der Waals surface area contributed by atoms with Crippen LogP contribution in [0.5, 0.6) is 0 Å². The molecule has 3 rings (SSSR count). The molecule has 2 aliphatic rings. The summed E-state index contributed by atoms with van der Waals surface area (Å²) in [7, 11) is 0. The Morgan fingerprint density at radius 1 is 1.29 bits per heavy atom. The van der Waals surface area contributed by atoms with Crippen molar-refractivity contribution in [2.75, 3.05) is 5.32 Å². The standard InChI is InChI=1S/C9H8N4S/c14-9-11-8-7(12-13-9)5-3-1-2-4-6(5)10-8/h1-4,7,12H,(H2,10,11,13,14). The number of thiocarbonyl (C=S) groups is 1. The molecule has 3 N–H and O–H groups in total. The lowest BCUT2D eigenvalue weighted by molar-refractivity contribution is 0.607. The van der Waals surface area contributed by atoms with Gasteiger partial charge in [0.25, 0.3) is 0 Å². The molecule has 0 saturated heterocycles. The van der Waals surface area contributed by atoms with Crippen LogP contribution in [0, 0.1) is 0 Å². The van der Waals surface area contributed by atoms with Crippen molar-refractivity contribution in [1.29, 1.82) is 0 Å². The smallest absolute Gasteiger partial charge is 0.209 e. The Balaban J connectivity index is 2.11. The second-order valence-corrected chi connectivity index (χ2v) is 3.60. The van der Waals surface area contributed by atoms with Gasteiger partial charge in [-0.25, -0.2) is 10.4 Å². The van der Waals surface area contributed by atoms with Crippen molar-refractivity contribution in [2.45, 2.75) is 6.04 Å². The van der Waals surface area contributed by atoms with Crippen LogP contribution in [0.25, 0.3) is 0 Å². The molecule has 2 heterocycles. The van der Waals surface area contributed by atoms with E-state index in [1.54, 1.807) is 0 Å². The number of hydrogen-bond acceptors (Lipinski definition) is 3. The molecule has 0 spiro atoms. The van der Waals surface area contributed by atoms with Gasteiger partial charge < -0.3 is 5.32 Å². The number of nitrogens with one attached hydrogen (secondary N) is 3.